The smallest absolute Gasteiger partial charge is 0.336 e. The standard InChI is InChI=1S/C16H23O6/c1-8(5-17)11-4-12(9(2)6-18)15(20)13(10(3)7-19)14(11)16(21)22/h4,8-10,17-19H,5-7H2,1-3H3,(H,21,22). The van der Waals surface area contributed by atoms with Gasteiger partial charge in [0.15, 0.2) is 5.75 Å². The average Bonchev–Trinajstić information content (AvgIpc) is 2.51. The van der Waals surface area contributed by atoms with E-state index in [-0.39, 0.29) is 30.9 Å². The maximum absolute atomic E-state index is 12.6. The Bertz CT molecular complexity index is 540. The number of aromatic carboxylic acids is 1. The third-order valence-electron chi connectivity index (χ3n) is 3.97. The van der Waals surface area contributed by atoms with Gasteiger partial charge in [0.25, 0.3) is 0 Å². The Morgan fingerprint density at radius 3 is 1.82 bits per heavy atom. The second-order valence-corrected chi connectivity index (χ2v) is 5.73. The van der Waals surface area contributed by atoms with Crippen molar-refractivity contribution >= 4 is 5.97 Å². The van der Waals surface area contributed by atoms with Gasteiger partial charge in [-0.25, -0.2) is 4.79 Å². The Hall–Kier alpha value is -1.63. The lowest BCUT2D eigenvalue weighted by Crippen LogP contribution is -2.16. The molecule has 6 heteroatoms. The van der Waals surface area contributed by atoms with Gasteiger partial charge in [-0.15, -0.1) is 0 Å². The van der Waals surface area contributed by atoms with E-state index >= 15 is 0 Å². The van der Waals surface area contributed by atoms with Crippen molar-refractivity contribution in [2.24, 2.45) is 0 Å². The van der Waals surface area contributed by atoms with Crippen molar-refractivity contribution in [1.29, 1.82) is 0 Å². The molecule has 0 spiro atoms. The van der Waals surface area contributed by atoms with Crippen LogP contribution in [-0.2, 0) is 5.11 Å². The van der Waals surface area contributed by atoms with Crippen molar-refractivity contribution in [2.75, 3.05) is 19.8 Å². The second kappa shape index (κ2) is 7.58. The molecule has 0 heterocycles. The first-order valence-electron chi connectivity index (χ1n) is 7.23. The number of carbonyl (C=O) groups is 1. The third-order valence-corrected chi connectivity index (χ3v) is 3.97. The van der Waals surface area contributed by atoms with Crippen LogP contribution in [0, 0.1) is 0 Å². The Labute approximate surface area is 129 Å². The summed E-state index contributed by atoms with van der Waals surface area (Å²) >= 11 is 0. The number of aliphatic hydroxyl groups excluding tert-OH is 3. The molecule has 22 heavy (non-hydrogen) atoms. The molecule has 0 aliphatic carbocycles. The van der Waals surface area contributed by atoms with Gasteiger partial charge in [0, 0.05) is 48.7 Å². The zero-order valence-electron chi connectivity index (χ0n) is 13.0. The van der Waals surface area contributed by atoms with Gasteiger partial charge in [-0.05, 0) is 5.56 Å². The topological polar surface area (TPSA) is 118 Å². The summed E-state index contributed by atoms with van der Waals surface area (Å²) in [6, 6.07) is 1.46. The van der Waals surface area contributed by atoms with Crippen LogP contribution in [0.1, 0.15) is 65.6 Å². The molecule has 0 amide bonds. The summed E-state index contributed by atoms with van der Waals surface area (Å²) in [6.07, 6.45) is 0. The van der Waals surface area contributed by atoms with Crippen LogP contribution in [-0.4, -0.2) is 46.2 Å². The van der Waals surface area contributed by atoms with Crippen LogP contribution in [0.4, 0.5) is 0 Å². The minimum Gasteiger partial charge on any atom is -0.478 e. The first-order valence-corrected chi connectivity index (χ1v) is 7.23. The molecule has 0 aliphatic rings. The van der Waals surface area contributed by atoms with E-state index in [0.717, 1.165) is 0 Å². The van der Waals surface area contributed by atoms with E-state index in [1.54, 1.807) is 20.8 Å². The van der Waals surface area contributed by atoms with Crippen LogP contribution < -0.4 is 0 Å². The van der Waals surface area contributed by atoms with Crippen molar-refractivity contribution < 1.29 is 30.3 Å². The number of hydrogen-bond acceptors (Lipinski definition) is 4. The van der Waals surface area contributed by atoms with Gasteiger partial charge in [-0.3, -0.25) is 5.11 Å². The van der Waals surface area contributed by atoms with Crippen molar-refractivity contribution in [3.8, 4) is 5.75 Å². The van der Waals surface area contributed by atoms with Gasteiger partial charge in [0.05, 0.1) is 5.56 Å². The Kier molecular flexibility index (Phi) is 6.34. The van der Waals surface area contributed by atoms with Gasteiger partial charge in [0.2, 0.25) is 0 Å². The fourth-order valence-electron chi connectivity index (χ4n) is 2.48. The SMILES string of the molecule is CC(CO)c1cc(C(C)CO)c(C(=O)O)c(C(C)CO)c1[O]. The predicted octanol–water partition coefficient (Wildman–Crippen LogP) is 1.82. The van der Waals surface area contributed by atoms with Crippen molar-refractivity contribution in [1.82, 2.24) is 0 Å². The molecular formula is C16H23O6. The van der Waals surface area contributed by atoms with Crippen LogP contribution in [0.15, 0.2) is 6.07 Å². The van der Waals surface area contributed by atoms with Gasteiger partial charge >= 0.3 is 5.97 Å². The van der Waals surface area contributed by atoms with E-state index in [4.69, 9.17) is 0 Å². The first kappa shape index (κ1) is 18.4. The molecule has 0 aromatic heterocycles. The molecule has 0 fully saturated rings. The first-order chi connectivity index (χ1) is 10.3. The van der Waals surface area contributed by atoms with E-state index in [1.807, 2.05) is 0 Å². The fraction of sp³-hybridized carbons (Fsp3) is 0.562. The van der Waals surface area contributed by atoms with E-state index in [2.05, 4.69) is 0 Å². The van der Waals surface area contributed by atoms with Crippen LogP contribution in [0.2, 0.25) is 0 Å². The Balaban J connectivity index is 3.79. The van der Waals surface area contributed by atoms with Gasteiger partial charge in [0.1, 0.15) is 0 Å². The lowest BCUT2D eigenvalue weighted by atomic mass is 9.82. The summed E-state index contributed by atoms with van der Waals surface area (Å²) < 4.78 is 0. The summed E-state index contributed by atoms with van der Waals surface area (Å²) in [5, 5.41) is 50.1. The normalized spacial score (nSPS) is 15.4. The minimum atomic E-state index is -1.26. The Morgan fingerprint density at radius 1 is 0.955 bits per heavy atom. The summed E-state index contributed by atoms with van der Waals surface area (Å²) in [4.78, 5) is 11.6. The molecule has 1 aromatic rings. The molecule has 123 valence electrons. The zero-order chi connectivity index (χ0) is 17.0. The van der Waals surface area contributed by atoms with E-state index < -0.39 is 29.5 Å². The maximum Gasteiger partial charge on any atom is 0.336 e. The predicted molar refractivity (Wildman–Crippen MR) is 80.0 cm³/mol. The molecule has 0 bridgehead atoms. The van der Waals surface area contributed by atoms with E-state index in [0.29, 0.717) is 11.1 Å². The van der Waals surface area contributed by atoms with Crippen LogP contribution in [0.3, 0.4) is 0 Å². The van der Waals surface area contributed by atoms with Crippen molar-refractivity contribution in [3.05, 3.63) is 28.3 Å². The van der Waals surface area contributed by atoms with Crippen LogP contribution >= 0.6 is 0 Å². The highest BCUT2D eigenvalue weighted by molar-refractivity contribution is 5.93. The largest absolute Gasteiger partial charge is 0.478 e. The summed E-state index contributed by atoms with van der Waals surface area (Å²) in [7, 11) is 0. The lowest BCUT2D eigenvalue weighted by molar-refractivity contribution is 0.0691. The molecule has 1 radical (unpaired) electrons. The van der Waals surface area contributed by atoms with E-state index in [9.17, 15) is 30.3 Å². The Morgan fingerprint density at radius 2 is 1.41 bits per heavy atom. The molecule has 0 saturated heterocycles. The number of aliphatic hydroxyl groups is 3. The molecule has 3 atom stereocenters. The summed E-state index contributed by atoms with van der Waals surface area (Å²) in [5.41, 5.74) is 0.531. The molecular weight excluding hydrogens is 288 g/mol. The molecule has 0 saturated carbocycles. The third kappa shape index (κ3) is 3.40. The molecule has 6 nitrogen and oxygen atoms in total. The molecule has 1 rings (SSSR count). The highest BCUT2D eigenvalue weighted by atomic mass is 16.4. The zero-order valence-corrected chi connectivity index (χ0v) is 13.0. The molecule has 4 N–H and O–H groups in total. The number of rotatable bonds is 7. The quantitative estimate of drug-likeness (QED) is 0.612. The minimum absolute atomic E-state index is 0.0306. The number of carboxylic acids is 1. The fourth-order valence-corrected chi connectivity index (χ4v) is 2.48. The highest BCUT2D eigenvalue weighted by Crippen LogP contribution is 2.40. The second-order valence-electron chi connectivity index (χ2n) is 5.73. The molecule has 1 aromatic carbocycles. The summed E-state index contributed by atoms with van der Waals surface area (Å²) in [5.74, 6) is -3.29. The van der Waals surface area contributed by atoms with Gasteiger partial charge < -0.3 is 20.4 Å². The molecule has 3 unspecified atom stereocenters. The van der Waals surface area contributed by atoms with Gasteiger partial charge in [-0.2, -0.15) is 0 Å². The summed E-state index contributed by atoms with van der Waals surface area (Å²) in [6.45, 7) is 4.02. The van der Waals surface area contributed by atoms with E-state index in [1.165, 1.54) is 6.07 Å². The number of carboxylic acid groups (broad SMARTS) is 1. The highest BCUT2D eigenvalue weighted by Gasteiger charge is 2.29. The average molecular weight is 311 g/mol. The maximum atomic E-state index is 12.6. The van der Waals surface area contributed by atoms with Crippen molar-refractivity contribution in [2.45, 2.75) is 38.5 Å². The van der Waals surface area contributed by atoms with Crippen LogP contribution in [0.5, 0.6) is 5.75 Å². The number of benzene rings is 1. The molecule has 0 aliphatic heterocycles. The van der Waals surface area contributed by atoms with Gasteiger partial charge in [-0.1, -0.05) is 26.8 Å². The van der Waals surface area contributed by atoms with Crippen LogP contribution in [0.25, 0.3) is 0 Å². The monoisotopic (exact) mass is 311 g/mol. The lowest BCUT2D eigenvalue weighted by Gasteiger charge is -2.23. The van der Waals surface area contributed by atoms with Crippen molar-refractivity contribution in [3.63, 3.8) is 0 Å². The number of hydrogen-bond donors (Lipinski definition) is 4.